The number of carbonyl (C=O) groups is 3. The molecule has 464 valence electrons. The summed E-state index contributed by atoms with van der Waals surface area (Å²) in [5, 5.41) is 0. The lowest BCUT2D eigenvalue weighted by Crippen LogP contribution is -2.30. The van der Waals surface area contributed by atoms with Gasteiger partial charge in [-0.2, -0.15) is 0 Å². The highest BCUT2D eigenvalue weighted by Gasteiger charge is 2.19. The van der Waals surface area contributed by atoms with Gasteiger partial charge >= 0.3 is 17.9 Å². The standard InChI is InChI=1S/C76H124O6/c1-4-7-10-13-16-19-22-25-28-31-33-34-35-36-37-38-39-40-41-42-44-45-48-51-54-57-60-63-66-69-75(78)81-72-73(71-80-74(77)68-65-62-59-56-53-50-47-30-27-24-21-18-15-12-9-6-3)82-76(79)70-67-64-61-58-55-52-49-46-43-32-29-26-23-20-17-14-11-8-5-2/h7-8,10-11,16-17,19-20,25-26,28-29,33-34,36-37,39-40,42-44,46,48,51,73H,4-6,9,12-15,18,21-24,27,30-32,35,38,41,45,47,49-50,52-72H2,1-3H3/b10-7-,11-8-,19-16-,20-17-,28-25-,29-26-,34-33-,37-36-,40-39-,44-42-,46-43-,51-48-. The molecule has 1 unspecified atom stereocenters. The number of allylic oxidation sites excluding steroid dienone is 24. The maximum Gasteiger partial charge on any atom is 0.306 e. The van der Waals surface area contributed by atoms with E-state index in [1.54, 1.807) is 0 Å². The summed E-state index contributed by atoms with van der Waals surface area (Å²) in [6, 6.07) is 0. The van der Waals surface area contributed by atoms with Crippen LogP contribution in [0.3, 0.4) is 0 Å². The molecular weight excluding hydrogens is 1010 g/mol. The van der Waals surface area contributed by atoms with Crippen molar-refractivity contribution in [3.8, 4) is 0 Å². The molecule has 82 heavy (non-hydrogen) atoms. The fourth-order valence-corrected chi connectivity index (χ4v) is 9.10. The molecule has 0 bridgehead atoms. The van der Waals surface area contributed by atoms with Gasteiger partial charge in [-0.3, -0.25) is 14.4 Å². The molecule has 0 heterocycles. The summed E-state index contributed by atoms with van der Waals surface area (Å²) >= 11 is 0. The van der Waals surface area contributed by atoms with Crippen molar-refractivity contribution >= 4 is 17.9 Å². The van der Waals surface area contributed by atoms with E-state index in [0.717, 1.165) is 161 Å². The van der Waals surface area contributed by atoms with Crippen LogP contribution in [0.2, 0.25) is 0 Å². The van der Waals surface area contributed by atoms with Gasteiger partial charge in [0.25, 0.3) is 0 Å². The van der Waals surface area contributed by atoms with E-state index in [4.69, 9.17) is 14.2 Å². The van der Waals surface area contributed by atoms with Crippen LogP contribution in [0.4, 0.5) is 0 Å². The predicted octanol–water partition coefficient (Wildman–Crippen LogP) is 23.5. The Balaban J connectivity index is 4.44. The van der Waals surface area contributed by atoms with Gasteiger partial charge < -0.3 is 14.2 Å². The molecule has 0 aromatic carbocycles. The van der Waals surface area contributed by atoms with Crippen LogP contribution in [-0.2, 0) is 28.6 Å². The Morgan fingerprint density at radius 3 is 0.744 bits per heavy atom. The fraction of sp³-hybridized carbons (Fsp3) is 0.645. The Labute approximate surface area is 506 Å². The molecule has 6 heteroatoms. The van der Waals surface area contributed by atoms with Gasteiger partial charge in [0.1, 0.15) is 13.2 Å². The first-order valence-corrected chi connectivity index (χ1v) is 33.8. The number of hydrogen-bond acceptors (Lipinski definition) is 6. The molecule has 6 nitrogen and oxygen atoms in total. The summed E-state index contributed by atoms with van der Waals surface area (Å²) in [6.45, 7) is 6.40. The van der Waals surface area contributed by atoms with E-state index in [2.05, 4.69) is 167 Å². The molecule has 0 rings (SSSR count). The minimum atomic E-state index is -0.803. The second-order valence-electron chi connectivity index (χ2n) is 22.0. The van der Waals surface area contributed by atoms with Gasteiger partial charge in [0.05, 0.1) is 0 Å². The van der Waals surface area contributed by atoms with Crippen LogP contribution in [0.25, 0.3) is 0 Å². The van der Waals surface area contributed by atoms with Gasteiger partial charge in [-0.1, -0.05) is 301 Å². The molecular formula is C76H124O6. The molecule has 0 saturated heterocycles. The lowest BCUT2D eigenvalue weighted by Gasteiger charge is -2.18. The molecule has 0 aromatic heterocycles. The van der Waals surface area contributed by atoms with E-state index < -0.39 is 6.10 Å². The van der Waals surface area contributed by atoms with Gasteiger partial charge in [0, 0.05) is 19.3 Å². The average molecular weight is 1130 g/mol. The summed E-state index contributed by atoms with van der Waals surface area (Å²) < 4.78 is 16.9. The zero-order valence-electron chi connectivity index (χ0n) is 53.2. The number of hydrogen-bond donors (Lipinski definition) is 0. The number of carbonyl (C=O) groups excluding carboxylic acids is 3. The van der Waals surface area contributed by atoms with E-state index in [0.29, 0.717) is 19.3 Å². The molecule has 0 aliphatic heterocycles. The van der Waals surface area contributed by atoms with Crippen LogP contribution in [0, 0.1) is 0 Å². The van der Waals surface area contributed by atoms with Crippen LogP contribution in [0.1, 0.15) is 297 Å². The van der Waals surface area contributed by atoms with Gasteiger partial charge in [-0.15, -0.1) is 0 Å². The summed E-state index contributed by atoms with van der Waals surface area (Å²) in [6.07, 6.45) is 98.5. The Morgan fingerprint density at radius 1 is 0.256 bits per heavy atom. The number of esters is 3. The zero-order valence-corrected chi connectivity index (χ0v) is 53.2. The molecule has 0 fully saturated rings. The molecule has 0 aliphatic rings. The summed E-state index contributed by atoms with van der Waals surface area (Å²) in [4.78, 5) is 38.4. The number of ether oxygens (including phenoxy) is 3. The van der Waals surface area contributed by atoms with Crippen molar-refractivity contribution in [2.24, 2.45) is 0 Å². The second-order valence-corrected chi connectivity index (χ2v) is 22.0. The van der Waals surface area contributed by atoms with E-state index >= 15 is 0 Å². The maximum absolute atomic E-state index is 12.9. The normalized spacial score (nSPS) is 13.1. The smallest absolute Gasteiger partial charge is 0.306 e. The number of rotatable bonds is 60. The van der Waals surface area contributed by atoms with Crippen LogP contribution >= 0.6 is 0 Å². The molecule has 0 radical (unpaired) electrons. The lowest BCUT2D eigenvalue weighted by atomic mass is 10.0. The van der Waals surface area contributed by atoms with Crippen LogP contribution in [0.15, 0.2) is 146 Å². The molecule has 0 aromatic rings. The van der Waals surface area contributed by atoms with Crippen molar-refractivity contribution in [2.45, 2.75) is 303 Å². The molecule has 0 spiro atoms. The van der Waals surface area contributed by atoms with Crippen LogP contribution < -0.4 is 0 Å². The highest BCUT2D eigenvalue weighted by Crippen LogP contribution is 2.16. The van der Waals surface area contributed by atoms with Crippen molar-refractivity contribution in [1.82, 2.24) is 0 Å². The van der Waals surface area contributed by atoms with Gasteiger partial charge in [0.15, 0.2) is 6.10 Å². The van der Waals surface area contributed by atoms with E-state index in [1.165, 1.54) is 96.3 Å². The first kappa shape index (κ1) is 77.3. The maximum atomic E-state index is 12.9. The van der Waals surface area contributed by atoms with E-state index in [9.17, 15) is 14.4 Å². The zero-order chi connectivity index (χ0) is 59.2. The molecule has 0 N–H and O–H groups in total. The molecule has 0 saturated carbocycles. The third-order valence-electron chi connectivity index (χ3n) is 14.1. The monoisotopic (exact) mass is 1130 g/mol. The summed E-state index contributed by atoms with van der Waals surface area (Å²) in [5.41, 5.74) is 0. The third kappa shape index (κ3) is 66.1. The second kappa shape index (κ2) is 68.8. The molecule has 1 atom stereocenters. The SMILES string of the molecule is CC/C=C\C/C=C\C/C=C\C/C=C\C/C=C\C/C=C\C/C=C\C/C=C\CCCCCCC(=O)OCC(COC(=O)CCCCCCCCCCCCCCCCCC)OC(=O)CCCCCCCC/C=C\C/C=C\C/C=C\C/C=C\CC. The topological polar surface area (TPSA) is 78.9 Å². The van der Waals surface area contributed by atoms with Crippen LogP contribution in [0.5, 0.6) is 0 Å². The largest absolute Gasteiger partial charge is 0.462 e. The Bertz CT molecular complexity index is 1780. The van der Waals surface area contributed by atoms with Crippen LogP contribution in [-0.4, -0.2) is 37.2 Å². The van der Waals surface area contributed by atoms with Crippen molar-refractivity contribution in [3.05, 3.63) is 146 Å². The van der Waals surface area contributed by atoms with Gasteiger partial charge in [0.2, 0.25) is 0 Å². The van der Waals surface area contributed by atoms with E-state index in [-0.39, 0.29) is 31.1 Å². The number of unbranched alkanes of at least 4 members (excludes halogenated alkanes) is 25. The van der Waals surface area contributed by atoms with Crippen molar-refractivity contribution in [3.63, 3.8) is 0 Å². The quantitative estimate of drug-likeness (QED) is 0.0261. The average Bonchev–Trinajstić information content (AvgIpc) is 3.47. The highest BCUT2D eigenvalue weighted by molar-refractivity contribution is 5.71. The summed E-state index contributed by atoms with van der Waals surface area (Å²) in [5.74, 6) is -0.929. The lowest BCUT2D eigenvalue weighted by molar-refractivity contribution is -0.167. The fourth-order valence-electron chi connectivity index (χ4n) is 9.10. The molecule has 0 amide bonds. The van der Waals surface area contributed by atoms with Gasteiger partial charge in [-0.05, 0) is 122 Å². The Morgan fingerprint density at radius 2 is 0.476 bits per heavy atom. The first-order valence-electron chi connectivity index (χ1n) is 33.8. The van der Waals surface area contributed by atoms with Crippen molar-refractivity contribution in [1.29, 1.82) is 0 Å². The van der Waals surface area contributed by atoms with Gasteiger partial charge in [-0.25, -0.2) is 0 Å². The molecule has 0 aliphatic carbocycles. The Kier molecular flexibility index (Phi) is 64.8. The predicted molar refractivity (Wildman–Crippen MR) is 357 cm³/mol. The van der Waals surface area contributed by atoms with Crippen molar-refractivity contribution in [2.75, 3.05) is 13.2 Å². The Hall–Kier alpha value is -4.71. The first-order chi connectivity index (χ1) is 40.5. The van der Waals surface area contributed by atoms with E-state index in [1.807, 2.05) is 0 Å². The third-order valence-corrected chi connectivity index (χ3v) is 14.1. The minimum Gasteiger partial charge on any atom is -0.462 e. The minimum absolute atomic E-state index is 0.0945. The highest BCUT2D eigenvalue weighted by atomic mass is 16.6. The summed E-state index contributed by atoms with van der Waals surface area (Å²) in [7, 11) is 0. The van der Waals surface area contributed by atoms with Crippen molar-refractivity contribution < 1.29 is 28.6 Å².